The SMILES string of the molecule is O=C1CN(C2CC2)C(=O)N1CCOc1ccc(Cl)cc1Cl. The summed E-state index contributed by atoms with van der Waals surface area (Å²) in [7, 11) is 0. The van der Waals surface area contributed by atoms with Crippen LogP contribution in [0.5, 0.6) is 5.75 Å². The summed E-state index contributed by atoms with van der Waals surface area (Å²) in [6.07, 6.45) is 1.98. The molecule has 0 bridgehead atoms. The fourth-order valence-electron chi connectivity index (χ4n) is 2.29. The third-order valence-electron chi connectivity index (χ3n) is 3.54. The number of nitrogens with zero attached hydrogens (tertiary/aromatic N) is 2. The maximum Gasteiger partial charge on any atom is 0.327 e. The maximum atomic E-state index is 12.1. The van der Waals surface area contributed by atoms with Crippen molar-refractivity contribution in [2.24, 2.45) is 0 Å². The molecule has 3 rings (SSSR count). The van der Waals surface area contributed by atoms with Gasteiger partial charge in [0.2, 0.25) is 5.91 Å². The molecule has 2 fully saturated rings. The van der Waals surface area contributed by atoms with Crippen LogP contribution in [0.3, 0.4) is 0 Å². The second-order valence-electron chi connectivity index (χ2n) is 5.11. The first kappa shape index (κ1) is 14.5. The van der Waals surface area contributed by atoms with E-state index in [9.17, 15) is 9.59 Å². The lowest BCUT2D eigenvalue weighted by atomic mass is 10.3. The molecule has 1 aliphatic carbocycles. The Morgan fingerprint density at radius 3 is 2.67 bits per heavy atom. The number of hydrogen-bond donors (Lipinski definition) is 0. The van der Waals surface area contributed by atoms with E-state index in [1.165, 1.54) is 4.90 Å². The van der Waals surface area contributed by atoms with Crippen LogP contribution in [0.2, 0.25) is 10.0 Å². The van der Waals surface area contributed by atoms with Crippen molar-refractivity contribution in [1.82, 2.24) is 9.80 Å². The number of rotatable bonds is 5. The molecule has 0 spiro atoms. The largest absolute Gasteiger partial charge is 0.490 e. The first-order valence-corrected chi connectivity index (χ1v) is 7.50. The first-order valence-electron chi connectivity index (χ1n) is 6.75. The Kier molecular flexibility index (Phi) is 3.95. The summed E-state index contributed by atoms with van der Waals surface area (Å²) >= 11 is 11.8. The molecule has 1 heterocycles. The van der Waals surface area contributed by atoms with Crippen molar-refractivity contribution in [2.75, 3.05) is 19.7 Å². The summed E-state index contributed by atoms with van der Waals surface area (Å²) in [6, 6.07) is 4.95. The molecule has 112 valence electrons. The van der Waals surface area contributed by atoms with Gasteiger partial charge in [0.15, 0.2) is 0 Å². The van der Waals surface area contributed by atoms with Crippen LogP contribution in [-0.2, 0) is 4.79 Å². The highest BCUT2D eigenvalue weighted by atomic mass is 35.5. The van der Waals surface area contributed by atoms with Crippen molar-refractivity contribution >= 4 is 35.1 Å². The summed E-state index contributed by atoms with van der Waals surface area (Å²) in [5.41, 5.74) is 0. The number of benzene rings is 1. The van der Waals surface area contributed by atoms with Crippen molar-refractivity contribution < 1.29 is 14.3 Å². The second kappa shape index (κ2) is 5.73. The minimum atomic E-state index is -0.215. The highest BCUT2D eigenvalue weighted by Crippen LogP contribution is 2.30. The molecule has 1 aromatic carbocycles. The molecule has 0 radical (unpaired) electrons. The van der Waals surface area contributed by atoms with Gasteiger partial charge in [-0.05, 0) is 31.0 Å². The van der Waals surface area contributed by atoms with Crippen LogP contribution < -0.4 is 4.74 Å². The zero-order valence-electron chi connectivity index (χ0n) is 11.2. The van der Waals surface area contributed by atoms with Crippen molar-refractivity contribution in [2.45, 2.75) is 18.9 Å². The lowest BCUT2D eigenvalue weighted by molar-refractivity contribution is -0.125. The van der Waals surface area contributed by atoms with Gasteiger partial charge in [-0.1, -0.05) is 23.2 Å². The molecule has 2 aliphatic rings. The van der Waals surface area contributed by atoms with Gasteiger partial charge in [0.1, 0.15) is 18.9 Å². The Hall–Kier alpha value is -1.46. The summed E-state index contributed by atoms with van der Waals surface area (Å²) in [5.74, 6) is 0.317. The molecule has 1 aromatic rings. The van der Waals surface area contributed by atoms with Crippen LogP contribution in [-0.4, -0.2) is 47.5 Å². The van der Waals surface area contributed by atoms with Crippen molar-refractivity contribution in [3.05, 3.63) is 28.2 Å². The standard InChI is InChI=1S/C14H14Cl2N2O3/c15-9-1-4-12(11(16)7-9)21-6-5-17-13(19)8-18(14(17)20)10-2-3-10/h1,4,7,10H,2-3,5-6,8H2. The molecular formula is C14H14Cl2N2O3. The fourth-order valence-corrected chi connectivity index (χ4v) is 2.75. The molecule has 1 saturated carbocycles. The van der Waals surface area contributed by atoms with Crippen LogP contribution in [0.25, 0.3) is 0 Å². The number of urea groups is 1. The number of carbonyl (C=O) groups excluding carboxylic acids is 2. The van der Waals surface area contributed by atoms with Crippen molar-refractivity contribution in [3.8, 4) is 5.75 Å². The van der Waals surface area contributed by atoms with E-state index in [-0.39, 0.29) is 37.7 Å². The van der Waals surface area contributed by atoms with Crippen LogP contribution >= 0.6 is 23.2 Å². The van der Waals surface area contributed by atoms with Crippen molar-refractivity contribution in [3.63, 3.8) is 0 Å². The number of imide groups is 1. The summed E-state index contributed by atoms with van der Waals surface area (Å²) in [4.78, 5) is 26.8. The van der Waals surface area contributed by atoms with E-state index < -0.39 is 0 Å². The summed E-state index contributed by atoms with van der Waals surface area (Å²) in [5, 5.41) is 0.929. The molecule has 1 aliphatic heterocycles. The quantitative estimate of drug-likeness (QED) is 0.781. The molecule has 0 N–H and O–H groups in total. The zero-order chi connectivity index (χ0) is 15.0. The van der Waals surface area contributed by atoms with Crippen LogP contribution in [0.4, 0.5) is 4.79 Å². The van der Waals surface area contributed by atoms with E-state index in [0.29, 0.717) is 15.8 Å². The van der Waals surface area contributed by atoms with Gasteiger partial charge in [-0.15, -0.1) is 0 Å². The van der Waals surface area contributed by atoms with E-state index in [4.69, 9.17) is 27.9 Å². The average Bonchev–Trinajstić information content (AvgIpc) is 3.22. The molecule has 3 amide bonds. The molecule has 1 saturated heterocycles. The van der Waals surface area contributed by atoms with Gasteiger partial charge in [-0.3, -0.25) is 9.69 Å². The lowest BCUT2D eigenvalue weighted by Gasteiger charge is -2.17. The van der Waals surface area contributed by atoms with Gasteiger partial charge in [0, 0.05) is 11.1 Å². The van der Waals surface area contributed by atoms with E-state index in [1.807, 2.05) is 0 Å². The van der Waals surface area contributed by atoms with E-state index in [1.54, 1.807) is 23.1 Å². The zero-order valence-corrected chi connectivity index (χ0v) is 12.7. The molecule has 0 aromatic heterocycles. The normalized spacial score (nSPS) is 18.6. The van der Waals surface area contributed by atoms with E-state index in [0.717, 1.165) is 12.8 Å². The van der Waals surface area contributed by atoms with E-state index in [2.05, 4.69) is 0 Å². The number of carbonyl (C=O) groups is 2. The van der Waals surface area contributed by atoms with Crippen molar-refractivity contribution in [1.29, 1.82) is 0 Å². The Morgan fingerprint density at radius 1 is 1.24 bits per heavy atom. The fraction of sp³-hybridized carbons (Fsp3) is 0.429. The third-order valence-corrected chi connectivity index (χ3v) is 4.07. The number of halogens is 2. The molecule has 0 atom stereocenters. The summed E-state index contributed by atoms with van der Waals surface area (Å²) < 4.78 is 5.51. The minimum absolute atomic E-state index is 0.169. The van der Waals surface area contributed by atoms with Gasteiger partial charge < -0.3 is 9.64 Å². The van der Waals surface area contributed by atoms with Gasteiger partial charge >= 0.3 is 6.03 Å². The smallest absolute Gasteiger partial charge is 0.327 e. The predicted octanol–water partition coefficient (Wildman–Crippen LogP) is 2.80. The average molecular weight is 329 g/mol. The summed E-state index contributed by atoms with van der Waals surface area (Å²) in [6.45, 7) is 0.613. The Labute approximate surface area is 132 Å². The molecular weight excluding hydrogens is 315 g/mol. The first-order chi connectivity index (χ1) is 10.1. The molecule has 0 unspecified atom stereocenters. The second-order valence-corrected chi connectivity index (χ2v) is 5.95. The monoisotopic (exact) mass is 328 g/mol. The van der Waals surface area contributed by atoms with E-state index >= 15 is 0 Å². The highest BCUT2D eigenvalue weighted by Gasteiger charge is 2.43. The number of amides is 3. The van der Waals surface area contributed by atoms with Crippen LogP contribution in [0.1, 0.15) is 12.8 Å². The molecule has 5 nitrogen and oxygen atoms in total. The van der Waals surface area contributed by atoms with Gasteiger partial charge in [-0.2, -0.15) is 0 Å². The highest BCUT2D eigenvalue weighted by molar-refractivity contribution is 6.35. The number of hydrogen-bond acceptors (Lipinski definition) is 3. The Bertz CT molecular complexity index is 590. The molecule has 7 heteroatoms. The van der Waals surface area contributed by atoms with Gasteiger partial charge in [0.25, 0.3) is 0 Å². The maximum absolute atomic E-state index is 12.1. The Morgan fingerprint density at radius 2 is 2.00 bits per heavy atom. The van der Waals surface area contributed by atoms with Crippen LogP contribution in [0, 0.1) is 0 Å². The van der Waals surface area contributed by atoms with Crippen LogP contribution in [0.15, 0.2) is 18.2 Å². The number of ether oxygens (including phenoxy) is 1. The predicted molar refractivity (Wildman–Crippen MR) is 78.8 cm³/mol. The van der Waals surface area contributed by atoms with Gasteiger partial charge in [0.05, 0.1) is 11.6 Å². The Balaban J connectivity index is 1.55. The third kappa shape index (κ3) is 3.09. The lowest BCUT2D eigenvalue weighted by Crippen LogP contribution is -2.36. The minimum Gasteiger partial charge on any atom is -0.490 e. The van der Waals surface area contributed by atoms with Gasteiger partial charge in [-0.25, -0.2) is 4.79 Å². The molecule has 21 heavy (non-hydrogen) atoms. The topological polar surface area (TPSA) is 49.9 Å².